The minimum absolute atomic E-state index is 0.309. The summed E-state index contributed by atoms with van der Waals surface area (Å²) >= 11 is 0. The normalized spacial score (nSPS) is 12.0. The first kappa shape index (κ1) is 12.7. The summed E-state index contributed by atoms with van der Waals surface area (Å²) < 4.78 is 67.1. The van der Waals surface area contributed by atoms with E-state index in [2.05, 4.69) is 9.72 Å². The first-order chi connectivity index (χ1) is 7.29. The van der Waals surface area contributed by atoms with Crippen LogP contribution in [0.25, 0.3) is 0 Å². The Labute approximate surface area is 88.1 Å². The highest BCUT2D eigenvalue weighted by Gasteiger charge is 2.39. The molecule has 0 saturated carbocycles. The molecule has 1 rings (SSSR count). The number of methoxy groups -OCH3 is 1. The molecule has 0 saturated heterocycles. The molecule has 0 aliphatic carbocycles. The number of alkyl halides is 5. The molecule has 0 amide bonds. The van der Waals surface area contributed by atoms with Crippen LogP contribution < -0.4 is 4.74 Å². The molecule has 0 aromatic carbocycles. The molecule has 90 valence electrons. The second kappa shape index (κ2) is 4.23. The van der Waals surface area contributed by atoms with Crippen molar-refractivity contribution in [1.29, 1.82) is 0 Å². The van der Waals surface area contributed by atoms with E-state index in [9.17, 15) is 22.0 Å². The van der Waals surface area contributed by atoms with Gasteiger partial charge in [-0.05, 0) is 6.92 Å². The minimum atomic E-state index is -4.86. The smallest absolute Gasteiger partial charge is 0.417 e. The molecule has 0 aliphatic rings. The summed E-state index contributed by atoms with van der Waals surface area (Å²) in [6, 6.07) is 0. The standard InChI is InChI=1S/C9H8F5NO/c1-4-6(9(12,13)14)5(7(10)11)3-15-8(4)16-2/h3,7H,1-2H3. The summed E-state index contributed by atoms with van der Waals surface area (Å²) in [6.07, 6.45) is -7.60. The summed E-state index contributed by atoms with van der Waals surface area (Å²) in [4.78, 5) is 3.39. The first-order valence-electron chi connectivity index (χ1n) is 4.17. The van der Waals surface area contributed by atoms with Crippen LogP contribution in [-0.4, -0.2) is 12.1 Å². The number of hydrogen-bond acceptors (Lipinski definition) is 2. The van der Waals surface area contributed by atoms with Gasteiger partial charge < -0.3 is 4.74 Å². The van der Waals surface area contributed by atoms with Gasteiger partial charge in [-0.1, -0.05) is 0 Å². The average Bonchev–Trinajstić information content (AvgIpc) is 2.14. The molecule has 1 aromatic heterocycles. The van der Waals surface area contributed by atoms with Crippen LogP contribution in [0.3, 0.4) is 0 Å². The van der Waals surface area contributed by atoms with Crippen LogP contribution >= 0.6 is 0 Å². The van der Waals surface area contributed by atoms with Crippen LogP contribution in [0.5, 0.6) is 5.88 Å². The summed E-state index contributed by atoms with van der Waals surface area (Å²) in [6.45, 7) is 1.04. The maximum absolute atomic E-state index is 12.6. The fraction of sp³-hybridized carbons (Fsp3) is 0.444. The minimum Gasteiger partial charge on any atom is -0.481 e. The van der Waals surface area contributed by atoms with Crippen LogP contribution in [0.15, 0.2) is 6.20 Å². The van der Waals surface area contributed by atoms with Gasteiger partial charge in [-0.3, -0.25) is 0 Å². The third-order valence-electron chi connectivity index (χ3n) is 2.02. The van der Waals surface area contributed by atoms with E-state index in [0.29, 0.717) is 6.20 Å². The Balaban J connectivity index is 3.50. The van der Waals surface area contributed by atoms with Gasteiger partial charge in [0.15, 0.2) is 0 Å². The molecule has 2 nitrogen and oxygen atoms in total. The molecular weight excluding hydrogens is 233 g/mol. The van der Waals surface area contributed by atoms with Crippen molar-refractivity contribution in [3.63, 3.8) is 0 Å². The van der Waals surface area contributed by atoms with E-state index >= 15 is 0 Å². The van der Waals surface area contributed by atoms with Crippen molar-refractivity contribution in [2.45, 2.75) is 19.5 Å². The van der Waals surface area contributed by atoms with Gasteiger partial charge in [-0.15, -0.1) is 0 Å². The van der Waals surface area contributed by atoms with Gasteiger partial charge >= 0.3 is 6.18 Å². The number of rotatable bonds is 2. The quantitative estimate of drug-likeness (QED) is 0.740. The van der Waals surface area contributed by atoms with Crippen LogP contribution in [0.1, 0.15) is 23.1 Å². The Morgan fingerprint density at radius 3 is 2.25 bits per heavy atom. The Morgan fingerprint density at radius 2 is 1.88 bits per heavy atom. The van der Waals surface area contributed by atoms with Gasteiger partial charge in [0.1, 0.15) is 0 Å². The zero-order valence-corrected chi connectivity index (χ0v) is 8.40. The van der Waals surface area contributed by atoms with Gasteiger partial charge in [-0.2, -0.15) is 13.2 Å². The summed E-state index contributed by atoms with van der Waals surface area (Å²) in [5.74, 6) is -0.309. The topological polar surface area (TPSA) is 22.1 Å². The maximum atomic E-state index is 12.6. The van der Waals surface area contributed by atoms with Gasteiger partial charge in [0.2, 0.25) is 5.88 Å². The Morgan fingerprint density at radius 1 is 1.31 bits per heavy atom. The van der Waals surface area contributed by atoms with E-state index in [1.54, 1.807) is 0 Å². The molecule has 7 heteroatoms. The average molecular weight is 241 g/mol. The first-order valence-corrected chi connectivity index (χ1v) is 4.17. The van der Waals surface area contributed by atoms with Crippen molar-refractivity contribution < 1.29 is 26.7 Å². The molecule has 0 atom stereocenters. The van der Waals surface area contributed by atoms with E-state index in [1.165, 1.54) is 0 Å². The zero-order valence-electron chi connectivity index (χ0n) is 8.40. The largest absolute Gasteiger partial charge is 0.481 e. The van der Waals surface area contributed by atoms with Crippen LogP contribution in [0.4, 0.5) is 22.0 Å². The number of pyridine rings is 1. The van der Waals surface area contributed by atoms with Crippen molar-refractivity contribution in [1.82, 2.24) is 4.98 Å². The van der Waals surface area contributed by atoms with E-state index < -0.39 is 29.3 Å². The highest BCUT2D eigenvalue weighted by molar-refractivity contribution is 5.41. The Hall–Kier alpha value is -1.40. The van der Waals surface area contributed by atoms with Gasteiger partial charge in [0.25, 0.3) is 6.43 Å². The van der Waals surface area contributed by atoms with Crippen molar-refractivity contribution in [3.8, 4) is 5.88 Å². The lowest BCUT2D eigenvalue weighted by molar-refractivity contribution is -0.140. The van der Waals surface area contributed by atoms with E-state index in [1.807, 2.05) is 0 Å². The summed E-state index contributed by atoms with van der Waals surface area (Å²) in [5.41, 5.74) is -2.95. The molecule has 0 spiro atoms. The number of nitrogens with zero attached hydrogens (tertiary/aromatic N) is 1. The molecular formula is C9H8F5NO. The van der Waals surface area contributed by atoms with Crippen LogP contribution in [0.2, 0.25) is 0 Å². The molecule has 16 heavy (non-hydrogen) atoms. The number of ether oxygens (including phenoxy) is 1. The second-order valence-corrected chi connectivity index (χ2v) is 3.02. The molecule has 0 radical (unpaired) electrons. The predicted molar refractivity (Wildman–Crippen MR) is 45.5 cm³/mol. The number of halogens is 5. The van der Waals surface area contributed by atoms with Crippen LogP contribution in [0, 0.1) is 6.92 Å². The Bertz CT molecular complexity index is 388. The second-order valence-electron chi connectivity index (χ2n) is 3.02. The third kappa shape index (κ3) is 2.23. The molecule has 1 aromatic rings. The van der Waals surface area contributed by atoms with E-state index in [4.69, 9.17) is 0 Å². The van der Waals surface area contributed by atoms with E-state index in [-0.39, 0.29) is 5.88 Å². The van der Waals surface area contributed by atoms with Crippen molar-refractivity contribution in [2.24, 2.45) is 0 Å². The summed E-state index contributed by atoms with van der Waals surface area (Å²) in [7, 11) is 1.12. The lowest BCUT2D eigenvalue weighted by atomic mass is 10.0. The number of hydrogen-bond donors (Lipinski definition) is 0. The van der Waals surface area contributed by atoms with Crippen LogP contribution in [-0.2, 0) is 6.18 Å². The van der Waals surface area contributed by atoms with Gasteiger partial charge in [0.05, 0.1) is 12.7 Å². The van der Waals surface area contributed by atoms with Crippen molar-refractivity contribution in [2.75, 3.05) is 7.11 Å². The SMILES string of the molecule is COc1ncc(C(F)F)c(C(F)(F)F)c1C. The van der Waals surface area contributed by atoms with Gasteiger partial charge in [-0.25, -0.2) is 13.8 Å². The molecule has 0 bridgehead atoms. The van der Waals surface area contributed by atoms with E-state index in [0.717, 1.165) is 14.0 Å². The van der Waals surface area contributed by atoms with Crippen molar-refractivity contribution in [3.05, 3.63) is 22.9 Å². The maximum Gasteiger partial charge on any atom is 0.417 e. The molecule has 0 fully saturated rings. The molecule has 1 heterocycles. The lowest BCUT2D eigenvalue weighted by Gasteiger charge is -2.16. The molecule has 0 aliphatic heterocycles. The highest BCUT2D eigenvalue weighted by Crippen LogP contribution is 2.40. The summed E-state index contributed by atoms with van der Waals surface area (Å²) in [5, 5.41) is 0. The van der Waals surface area contributed by atoms with Gasteiger partial charge in [0, 0.05) is 17.3 Å². The molecule has 0 unspecified atom stereocenters. The number of aromatic nitrogens is 1. The predicted octanol–water partition coefficient (Wildman–Crippen LogP) is 3.36. The Kier molecular flexibility index (Phi) is 3.35. The van der Waals surface area contributed by atoms with Crippen molar-refractivity contribution >= 4 is 0 Å². The monoisotopic (exact) mass is 241 g/mol. The zero-order chi connectivity index (χ0) is 12.5. The third-order valence-corrected chi connectivity index (χ3v) is 2.02. The fourth-order valence-electron chi connectivity index (χ4n) is 1.36. The fourth-order valence-corrected chi connectivity index (χ4v) is 1.36. The molecule has 0 N–H and O–H groups in total. The lowest BCUT2D eigenvalue weighted by Crippen LogP contribution is -2.13. The highest BCUT2D eigenvalue weighted by atomic mass is 19.4.